The first-order chi connectivity index (χ1) is 35.6. The van der Waals surface area contributed by atoms with Crippen molar-refractivity contribution in [3.05, 3.63) is 194 Å². The number of rotatable bonds is 5. The minimum atomic E-state index is -0.830. The van der Waals surface area contributed by atoms with Crippen molar-refractivity contribution in [2.24, 2.45) is 0 Å². The van der Waals surface area contributed by atoms with Gasteiger partial charge in [0.15, 0.2) is 0 Å². The van der Waals surface area contributed by atoms with Crippen molar-refractivity contribution in [2.45, 2.75) is 0 Å². The summed E-state index contributed by atoms with van der Waals surface area (Å²) in [5.74, 6) is 0. The molecule has 10 rings (SSSR count). The zero-order valence-electron chi connectivity index (χ0n) is 51.4. The Morgan fingerprint density at radius 1 is 0.300 bits per heavy atom. The molecule has 0 atom stereocenters. The van der Waals surface area contributed by atoms with Crippen LogP contribution in [0, 0.1) is 0 Å². The number of hydrogen-bond donors (Lipinski definition) is 0. The van der Waals surface area contributed by atoms with Gasteiger partial charge in [0.05, 0.1) is 57.7 Å². The van der Waals surface area contributed by atoms with Crippen LogP contribution in [0.1, 0.15) is 35.6 Å². The Bertz CT molecular complexity index is 4280. The van der Waals surface area contributed by atoms with Crippen molar-refractivity contribution in [3.63, 3.8) is 0 Å². The second-order valence-corrected chi connectivity index (χ2v) is 11.0. The first kappa shape index (κ1) is 12.7. The van der Waals surface area contributed by atoms with Gasteiger partial charge in [-0.15, -0.1) is 0 Å². The normalized spacial score (nSPS) is 18.9. The monoisotopic (exact) mass is 662 g/mol. The minimum Gasteiger partial charge on any atom is -0.309 e. The van der Waals surface area contributed by atoms with Gasteiger partial charge in [0, 0.05) is 32.9 Å². The summed E-state index contributed by atoms with van der Waals surface area (Å²) in [6.07, 6.45) is 0. The molecule has 0 saturated heterocycles. The Labute approximate surface area is 327 Å². The van der Waals surface area contributed by atoms with Gasteiger partial charge in [0.1, 0.15) is 0 Å². The standard InChI is InChI=1S/C48H32N2/c1-3-12-33(13-4-1)35-22-26-39(27-23-35)49-45-20-9-7-18-41(45)43-31-37(24-28-47(43)49)38-25-29-48-44(32-38)42-19-8-10-21-46(42)50(48)40-17-11-16-36(30-40)34-14-5-2-6-15-34/h1-32H/i1D,2D,3D,4D,5D,6D,7D,8D,9D,10D,11D,12D,13D,14D,15D,16D,17D,18D,19D,20D,21D,22D,23D,26D,27D,30D. The van der Waals surface area contributed by atoms with Gasteiger partial charge in [-0.25, -0.2) is 0 Å². The van der Waals surface area contributed by atoms with Gasteiger partial charge in [-0.1, -0.05) is 133 Å². The molecule has 0 fully saturated rings. The van der Waals surface area contributed by atoms with E-state index in [1.807, 2.05) is 0 Å². The van der Waals surface area contributed by atoms with E-state index >= 15 is 0 Å². The third-order valence-electron chi connectivity index (χ3n) is 8.30. The van der Waals surface area contributed by atoms with Crippen LogP contribution in [0.15, 0.2) is 194 Å². The average molecular weight is 663 g/mol. The van der Waals surface area contributed by atoms with Crippen molar-refractivity contribution in [1.29, 1.82) is 0 Å². The molecule has 0 radical (unpaired) electrons. The van der Waals surface area contributed by atoms with Gasteiger partial charge in [0.2, 0.25) is 0 Å². The zero-order valence-corrected chi connectivity index (χ0v) is 25.4. The Hall–Kier alpha value is -6.64. The average Bonchev–Trinajstić information content (AvgIpc) is 3.97. The number of nitrogens with zero attached hydrogens (tertiary/aromatic N) is 2. The summed E-state index contributed by atoms with van der Waals surface area (Å²) < 4.78 is 230. The van der Waals surface area contributed by atoms with Crippen molar-refractivity contribution >= 4 is 43.6 Å². The second kappa shape index (κ2) is 11.5. The molecule has 0 aliphatic heterocycles. The lowest BCUT2D eigenvalue weighted by atomic mass is 10.0. The fourth-order valence-corrected chi connectivity index (χ4v) is 6.13. The third kappa shape index (κ3) is 4.57. The van der Waals surface area contributed by atoms with Crippen LogP contribution in [0.25, 0.3) is 88.4 Å². The summed E-state index contributed by atoms with van der Waals surface area (Å²) in [7, 11) is 0. The molecule has 234 valence electrons. The molecule has 0 amide bonds. The highest BCUT2D eigenvalue weighted by Gasteiger charge is 2.16. The van der Waals surface area contributed by atoms with Crippen molar-refractivity contribution in [1.82, 2.24) is 9.13 Å². The first-order valence-electron chi connectivity index (χ1n) is 28.1. The molecule has 0 bridgehead atoms. The van der Waals surface area contributed by atoms with Crippen LogP contribution < -0.4 is 0 Å². The molecule has 2 nitrogen and oxygen atoms in total. The maximum Gasteiger partial charge on any atom is 0.0651 e. The first-order valence-corrected chi connectivity index (χ1v) is 15.1. The Balaban J connectivity index is 1.26. The van der Waals surface area contributed by atoms with Crippen LogP contribution in [0.3, 0.4) is 0 Å². The number of para-hydroxylation sites is 2. The van der Waals surface area contributed by atoms with Crippen molar-refractivity contribution in [2.75, 3.05) is 0 Å². The largest absolute Gasteiger partial charge is 0.309 e. The van der Waals surface area contributed by atoms with E-state index in [9.17, 15) is 4.11 Å². The van der Waals surface area contributed by atoms with E-state index in [0.717, 1.165) is 9.13 Å². The molecule has 0 spiro atoms. The molecule has 2 heteroatoms. The third-order valence-corrected chi connectivity index (χ3v) is 8.30. The van der Waals surface area contributed by atoms with Crippen LogP contribution in [-0.2, 0) is 0 Å². The maximum absolute atomic E-state index is 9.47. The molecule has 0 saturated carbocycles. The fraction of sp³-hybridized carbons (Fsp3) is 0. The number of fused-ring (bicyclic) bond motifs is 6. The van der Waals surface area contributed by atoms with Crippen molar-refractivity contribution in [3.8, 4) is 44.8 Å². The van der Waals surface area contributed by atoms with Gasteiger partial charge < -0.3 is 9.13 Å². The van der Waals surface area contributed by atoms with Crippen LogP contribution in [0.4, 0.5) is 0 Å². The topological polar surface area (TPSA) is 9.86 Å². The van der Waals surface area contributed by atoms with E-state index in [4.69, 9.17) is 31.5 Å². The van der Waals surface area contributed by atoms with Crippen LogP contribution in [-0.4, -0.2) is 9.13 Å². The summed E-state index contributed by atoms with van der Waals surface area (Å²) in [6.45, 7) is 0. The zero-order chi connectivity index (χ0) is 55.6. The number of aromatic nitrogens is 2. The van der Waals surface area contributed by atoms with Crippen LogP contribution in [0.2, 0.25) is 0 Å². The van der Waals surface area contributed by atoms with Gasteiger partial charge >= 0.3 is 0 Å². The summed E-state index contributed by atoms with van der Waals surface area (Å²) in [6, 6.07) is -10.4. The molecular weight excluding hydrogens is 605 g/mol. The lowest BCUT2D eigenvalue weighted by molar-refractivity contribution is 1.18. The molecule has 50 heavy (non-hydrogen) atoms. The molecule has 2 heterocycles. The SMILES string of the molecule is [2H]c1c([2H])c([2H])c(-c2c([2H])c([2H])c(-n3c4ccc(-c5ccc6c(c5)c5c([2H])c([2H])c([2H])c([2H])c5n6-c5c([2H])c([2H])c([2H])c(-c6c([2H])c([2H])c([2H])c([2H])c6[2H])c5[2H])cc4c4c([2H])c([2H])c([2H])c([2H])c43)c([2H])c2[2H])c([2H])c1[2H]. The van der Waals surface area contributed by atoms with Crippen LogP contribution in [0.5, 0.6) is 0 Å². The summed E-state index contributed by atoms with van der Waals surface area (Å²) in [5.41, 5.74) is -3.25. The van der Waals surface area contributed by atoms with E-state index in [1.54, 1.807) is 0 Å². The molecule has 8 aromatic carbocycles. The molecular formula is C48H32N2. The smallest absolute Gasteiger partial charge is 0.0651 e. The predicted octanol–water partition coefficient (Wildman–Crippen LogP) is 12.9. The van der Waals surface area contributed by atoms with E-state index < -0.39 is 191 Å². The molecule has 0 aliphatic carbocycles. The molecule has 0 unspecified atom stereocenters. The second-order valence-electron chi connectivity index (χ2n) is 11.0. The van der Waals surface area contributed by atoms with Gasteiger partial charge in [-0.3, -0.25) is 0 Å². The highest BCUT2D eigenvalue weighted by atomic mass is 15.0. The Morgan fingerprint density at radius 2 is 0.760 bits per heavy atom. The van der Waals surface area contributed by atoms with Gasteiger partial charge in [-0.05, 0) is 93.9 Å². The summed E-state index contributed by atoms with van der Waals surface area (Å²) in [4.78, 5) is 0. The van der Waals surface area contributed by atoms with E-state index in [-0.39, 0.29) is 43.6 Å². The molecule has 0 N–H and O–H groups in total. The maximum atomic E-state index is 9.47. The number of benzene rings is 8. The highest BCUT2D eigenvalue weighted by Crippen LogP contribution is 2.39. The molecule has 0 aliphatic rings. The van der Waals surface area contributed by atoms with Gasteiger partial charge in [-0.2, -0.15) is 0 Å². The fourth-order valence-electron chi connectivity index (χ4n) is 6.13. The highest BCUT2D eigenvalue weighted by molar-refractivity contribution is 6.12. The quantitative estimate of drug-likeness (QED) is 0.174. The predicted molar refractivity (Wildman–Crippen MR) is 211 cm³/mol. The van der Waals surface area contributed by atoms with Crippen LogP contribution >= 0.6 is 0 Å². The summed E-state index contributed by atoms with van der Waals surface area (Å²) >= 11 is 0. The Morgan fingerprint density at radius 3 is 1.34 bits per heavy atom. The lowest BCUT2D eigenvalue weighted by Crippen LogP contribution is -1.94. The number of hydrogen-bond acceptors (Lipinski definition) is 0. The van der Waals surface area contributed by atoms with E-state index in [2.05, 4.69) is 0 Å². The molecule has 2 aromatic heterocycles. The van der Waals surface area contributed by atoms with E-state index in [1.165, 1.54) is 36.4 Å². The Kier molecular flexibility index (Phi) is 2.92. The lowest BCUT2D eigenvalue weighted by Gasteiger charge is -2.11. The minimum absolute atomic E-state index is 0.0408. The van der Waals surface area contributed by atoms with Crippen molar-refractivity contribution < 1.29 is 35.6 Å². The summed E-state index contributed by atoms with van der Waals surface area (Å²) in [5, 5.41) is -0.0518. The molecule has 10 aromatic rings. The van der Waals surface area contributed by atoms with E-state index in [0.29, 0.717) is 11.1 Å². The van der Waals surface area contributed by atoms with Gasteiger partial charge in [0.25, 0.3) is 0 Å².